The Labute approximate surface area is 125 Å². The lowest BCUT2D eigenvalue weighted by atomic mass is 10.2. The van der Waals surface area contributed by atoms with E-state index in [9.17, 15) is 4.79 Å². The minimum Gasteiger partial charge on any atom is -0.444 e. The van der Waals surface area contributed by atoms with E-state index >= 15 is 0 Å². The lowest BCUT2D eigenvalue weighted by Crippen LogP contribution is -2.38. The molecule has 4 nitrogen and oxygen atoms in total. The van der Waals surface area contributed by atoms with Crippen molar-refractivity contribution in [3.63, 3.8) is 0 Å². The van der Waals surface area contributed by atoms with Gasteiger partial charge >= 0.3 is 6.09 Å². The zero-order chi connectivity index (χ0) is 14.8. The molecule has 1 aromatic rings. The molecule has 1 aromatic heterocycles. The summed E-state index contributed by atoms with van der Waals surface area (Å²) >= 11 is 1.76. The van der Waals surface area contributed by atoms with Crippen LogP contribution >= 0.6 is 11.3 Å². The number of ether oxygens (including phenoxy) is 1. The maximum atomic E-state index is 12.0. The van der Waals surface area contributed by atoms with Crippen LogP contribution in [0.15, 0.2) is 17.5 Å². The molecule has 0 saturated carbocycles. The number of nitrogens with zero attached hydrogens (tertiary/aromatic N) is 1. The van der Waals surface area contributed by atoms with Gasteiger partial charge < -0.3 is 15.0 Å². The Morgan fingerprint density at radius 3 is 2.90 bits per heavy atom. The number of nitrogens with one attached hydrogen (secondary N) is 1. The number of amides is 1. The summed E-state index contributed by atoms with van der Waals surface area (Å²) in [6.07, 6.45) is 0.778. The van der Waals surface area contributed by atoms with Crippen LogP contribution < -0.4 is 5.32 Å². The Hall–Kier alpha value is -1.07. The second kappa shape index (κ2) is 6.14. The first-order chi connectivity index (χ1) is 9.35. The molecule has 5 heteroatoms. The molecule has 1 fully saturated rings. The number of thiophene rings is 1. The molecule has 112 valence electrons. The van der Waals surface area contributed by atoms with Crippen molar-refractivity contribution in [1.82, 2.24) is 10.2 Å². The van der Waals surface area contributed by atoms with Crippen molar-refractivity contribution in [2.75, 3.05) is 13.1 Å². The van der Waals surface area contributed by atoms with E-state index < -0.39 is 5.60 Å². The van der Waals surface area contributed by atoms with Crippen molar-refractivity contribution in [2.24, 2.45) is 0 Å². The molecule has 0 aromatic carbocycles. The molecule has 1 N–H and O–H groups in total. The summed E-state index contributed by atoms with van der Waals surface area (Å²) in [7, 11) is 0. The molecule has 1 amide bonds. The van der Waals surface area contributed by atoms with E-state index in [2.05, 4.69) is 29.8 Å². The highest BCUT2D eigenvalue weighted by Gasteiger charge is 2.30. The van der Waals surface area contributed by atoms with Crippen LogP contribution in [0.4, 0.5) is 4.79 Å². The third-order valence-electron chi connectivity index (χ3n) is 3.30. The van der Waals surface area contributed by atoms with Crippen molar-refractivity contribution >= 4 is 17.4 Å². The molecule has 2 unspecified atom stereocenters. The van der Waals surface area contributed by atoms with Crippen molar-refractivity contribution in [1.29, 1.82) is 0 Å². The summed E-state index contributed by atoms with van der Waals surface area (Å²) < 4.78 is 5.41. The number of hydrogen-bond acceptors (Lipinski definition) is 4. The average molecular weight is 296 g/mol. The fourth-order valence-corrected chi connectivity index (χ4v) is 3.11. The zero-order valence-electron chi connectivity index (χ0n) is 12.7. The molecule has 1 aliphatic heterocycles. The summed E-state index contributed by atoms with van der Waals surface area (Å²) in [5.41, 5.74) is -0.424. The average Bonchev–Trinajstić information content (AvgIpc) is 2.97. The van der Waals surface area contributed by atoms with Gasteiger partial charge in [0.1, 0.15) is 5.60 Å². The van der Waals surface area contributed by atoms with E-state index in [0.717, 1.165) is 19.5 Å². The molecule has 2 rings (SSSR count). The van der Waals surface area contributed by atoms with E-state index in [-0.39, 0.29) is 6.09 Å². The number of hydrogen-bond donors (Lipinski definition) is 1. The quantitative estimate of drug-likeness (QED) is 0.929. The highest BCUT2D eigenvalue weighted by Crippen LogP contribution is 2.21. The fraction of sp³-hybridized carbons (Fsp3) is 0.667. The molecule has 2 atom stereocenters. The molecule has 0 spiro atoms. The minimum absolute atomic E-state index is 0.203. The van der Waals surface area contributed by atoms with Gasteiger partial charge in [0.2, 0.25) is 0 Å². The molecular weight excluding hydrogens is 272 g/mol. The molecule has 0 radical (unpaired) electrons. The van der Waals surface area contributed by atoms with E-state index in [4.69, 9.17) is 4.74 Å². The van der Waals surface area contributed by atoms with Crippen LogP contribution in [-0.4, -0.2) is 35.7 Å². The predicted molar refractivity (Wildman–Crippen MR) is 82.1 cm³/mol. The number of carbonyl (C=O) groups excluding carboxylic acids is 1. The Kier molecular flexibility index (Phi) is 4.70. The SMILES string of the molecule is CC(NC1CCN(C(=O)OC(C)(C)C)C1)c1cccs1. The summed E-state index contributed by atoms with van der Waals surface area (Å²) in [6, 6.07) is 4.89. The van der Waals surface area contributed by atoms with Gasteiger partial charge in [-0.25, -0.2) is 4.79 Å². The first kappa shape index (κ1) is 15.3. The first-order valence-corrected chi connectivity index (χ1v) is 8.00. The van der Waals surface area contributed by atoms with Crippen LogP contribution in [0.25, 0.3) is 0 Å². The minimum atomic E-state index is -0.424. The second-order valence-corrected chi connectivity index (χ2v) is 7.30. The predicted octanol–water partition coefficient (Wildman–Crippen LogP) is 3.41. The summed E-state index contributed by atoms with van der Waals surface area (Å²) in [4.78, 5) is 15.1. The van der Waals surface area contributed by atoms with Gasteiger partial charge in [-0.2, -0.15) is 0 Å². The van der Waals surface area contributed by atoms with Crippen LogP contribution in [-0.2, 0) is 4.74 Å². The highest BCUT2D eigenvalue weighted by molar-refractivity contribution is 7.10. The standard InChI is InChI=1S/C15H24N2O2S/c1-11(13-6-5-9-20-13)16-12-7-8-17(10-12)14(18)19-15(2,3)4/h5-6,9,11-12,16H,7-8,10H2,1-4H3. The maximum absolute atomic E-state index is 12.0. The number of rotatable bonds is 3. The molecule has 0 bridgehead atoms. The normalized spacial score (nSPS) is 21.0. The van der Waals surface area contributed by atoms with E-state index in [1.54, 1.807) is 16.2 Å². The number of carbonyl (C=O) groups is 1. The Morgan fingerprint density at radius 1 is 1.55 bits per heavy atom. The first-order valence-electron chi connectivity index (χ1n) is 7.12. The monoisotopic (exact) mass is 296 g/mol. The van der Waals surface area contributed by atoms with Crippen LogP contribution in [0.2, 0.25) is 0 Å². The summed E-state index contributed by atoms with van der Waals surface area (Å²) in [5, 5.41) is 5.68. The molecule has 2 heterocycles. The van der Waals surface area contributed by atoms with Gasteiger partial charge in [-0.1, -0.05) is 6.07 Å². The summed E-state index contributed by atoms with van der Waals surface area (Å²) in [5.74, 6) is 0. The largest absolute Gasteiger partial charge is 0.444 e. The van der Waals surface area contributed by atoms with Gasteiger partial charge in [-0.15, -0.1) is 11.3 Å². The van der Waals surface area contributed by atoms with Gasteiger partial charge in [0, 0.05) is 30.1 Å². The van der Waals surface area contributed by atoms with E-state index in [1.165, 1.54) is 4.88 Å². The van der Waals surface area contributed by atoms with Gasteiger partial charge in [0.05, 0.1) is 0 Å². The smallest absolute Gasteiger partial charge is 0.410 e. The van der Waals surface area contributed by atoms with Crippen molar-refractivity contribution in [3.8, 4) is 0 Å². The fourth-order valence-electron chi connectivity index (χ4n) is 2.36. The van der Waals surface area contributed by atoms with Gasteiger partial charge in [-0.3, -0.25) is 0 Å². The van der Waals surface area contributed by atoms with Crippen molar-refractivity contribution in [2.45, 2.75) is 51.8 Å². The molecule has 20 heavy (non-hydrogen) atoms. The molecule has 1 saturated heterocycles. The summed E-state index contributed by atoms with van der Waals surface area (Å²) in [6.45, 7) is 9.36. The van der Waals surface area contributed by atoms with E-state index in [1.807, 2.05) is 20.8 Å². The van der Waals surface area contributed by atoms with Crippen LogP contribution in [0.3, 0.4) is 0 Å². The van der Waals surface area contributed by atoms with Gasteiger partial charge in [-0.05, 0) is 45.6 Å². The third-order valence-corrected chi connectivity index (χ3v) is 4.35. The third kappa shape index (κ3) is 4.21. The van der Waals surface area contributed by atoms with Crippen LogP contribution in [0.5, 0.6) is 0 Å². The maximum Gasteiger partial charge on any atom is 0.410 e. The molecule has 0 aliphatic carbocycles. The highest BCUT2D eigenvalue weighted by atomic mass is 32.1. The zero-order valence-corrected chi connectivity index (χ0v) is 13.5. The topological polar surface area (TPSA) is 41.6 Å². The Morgan fingerprint density at radius 2 is 2.30 bits per heavy atom. The van der Waals surface area contributed by atoms with Gasteiger partial charge in [0.25, 0.3) is 0 Å². The lowest BCUT2D eigenvalue weighted by Gasteiger charge is -2.25. The number of likely N-dealkylation sites (tertiary alicyclic amines) is 1. The lowest BCUT2D eigenvalue weighted by molar-refractivity contribution is 0.0290. The van der Waals surface area contributed by atoms with E-state index in [0.29, 0.717) is 12.1 Å². The Balaban J connectivity index is 1.82. The van der Waals surface area contributed by atoms with Gasteiger partial charge in [0.15, 0.2) is 0 Å². The van der Waals surface area contributed by atoms with Crippen molar-refractivity contribution in [3.05, 3.63) is 22.4 Å². The van der Waals surface area contributed by atoms with Crippen molar-refractivity contribution < 1.29 is 9.53 Å². The Bertz CT molecular complexity index is 439. The van der Waals surface area contributed by atoms with Crippen LogP contribution in [0.1, 0.15) is 45.0 Å². The molecular formula is C15H24N2O2S. The van der Waals surface area contributed by atoms with Crippen LogP contribution in [0, 0.1) is 0 Å². The molecule has 1 aliphatic rings. The second-order valence-electron chi connectivity index (χ2n) is 6.32.